The zero-order chi connectivity index (χ0) is 45.9. The number of hydrogen-bond donors (Lipinski definition) is 0. The molecule has 4 heterocycles. The highest BCUT2D eigenvalue weighted by atomic mass is 19.4. The van der Waals surface area contributed by atoms with Crippen molar-refractivity contribution in [3.8, 4) is 73.6 Å². The molecule has 0 bridgehead atoms. The lowest BCUT2D eigenvalue weighted by molar-refractivity contribution is -0.137. The molecule has 0 aliphatic rings. The topological polar surface area (TPSA) is 59.4 Å². The minimum atomic E-state index is -4.59. The lowest BCUT2D eigenvalue weighted by Crippen LogP contribution is -2.07. The summed E-state index contributed by atoms with van der Waals surface area (Å²) in [6.07, 6.45) is -4.59. The van der Waals surface area contributed by atoms with E-state index in [1.807, 2.05) is 133 Å². The zero-order valence-electron chi connectivity index (χ0n) is 36.2. The van der Waals surface area contributed by atoms with Gasteiger partial charge in [0, 0.05) is 49.4 Å². The van der Waals surface area contributed by atoms with Crippen LogP contribution in [0.5, 0.6) is 0 Å². The maximum absolute atomic E-state index is 14.3. The molecule has 12 aromatic rings. The Morgan fingerprint density at radius 2 is 0.794 bits per heavy atom. The molecule has 0 saturated heterocycles. The van der Waals surface area contributed by atoms with Gasteiger partial charge in [-0.1, -0.05) is 146 Å². The SMILES string of the molecule is N#Cc1cc(-n2c3ccccc3c3ccc(-c4cccc(-c5ccccc5)n4)cc32)c(-n2c3ccccc3c3ccc(-c4cccc(-c5ccccc5)n4)cc32)cc1-c1cccc(C(F)(F)F)c1. The van der Waals surface area contributed by atoms with Crippen molar-refractivity contribution in [3.63, 3.8) is 0 Å². The van der Waals surface area contributed by atoms with Gasteiger partial charge in [0.2, 0.25) is 0 Å². The Balaban J connectivity index is 1.16. The molecule has 8 aromatic carbocycles. The molecule has 322 valence electrons. The van der Waals surface area contributed by atoms with Gasteiger partial charge in [-0.2, -0.15) is 18.4 Å². The molecule has 0 atom stereocenters. The Labute approximate surface area is 388 Å². The molecule has 68 heavy (non-hydrogen) atoms. The van der Waals surface area contributed by atoms with E-state index in [-0.39, 0.29) is 11.1 Å². The summed E-state index contributed by atoms with van der Waals surface area (Å²) in [6, 6.07) is 72.4. The molecule has 5 nitrogen and oxygen atoms in total. The number of halogens is 3. The van der Waals surface area contributed by atoms with Crippen LogP contribution in [-0.2, 0) is 6.18 Å². The first-order valence-electron chi connectivity index (χ1n) is 22.2. The van der Waals surface area contributed by atoms with E-state index < -0.39 is 11.7 Å². The summed E-state index contributed by atoms with van der Waals surface area (Å²) in [5.41, 5.74) is 12.0. The Kier molecular flexibility index (Phi) is 9.59. The smallest absolute Gasteiger partial charge is 0.307 e. The van der Waals surface area contributed by atoms with Crippen molar-refractivity contribution in [1.82, 2.24) is 19.1 Å². The van der Waals surface area contributed by atoms with Crippen LogP contribution in [-0.4, -0.2) is 19.1 Å². The van der Waals surface area contributed by atoms with Crippen molar-refractivity contribution in [2.24, 2.45) is 0 Å². The Morgan fingerprint density at radius 1 is 0.368 bits per heavy atom. The van der Waals surface area contributed by atoms with Gasteiger partial charge in [0.05, 0.1) is 73.4 Å². The van der Waals surface area contributed by atoms with Crippen LogP contribution in [0.4, 0.5) is 13.2 Å². The average molecular weight is 884 g/mol. The van der Waals surface area contributed by atoms with Crippen molar-refractivity contribution in [3.05, 3.63) is 230 Å². The highest BCUT2D eigenvalue weighted by Crippen LogP contribution is 2.43. The second-order valence-electron chi connectivity index (χ2n) is 16.8. The predicted molar refractivity (Wildman–Crippen MR) is 268 cm³/mol. The van der Waals surface area contributed by atoms with Gasteiger partial charge in [-0.25, -0.2) is 9.97 Å². The molecule has 0 fully saturated rings. The normalized spacial score (nSPS) is 11.7. The highest BCUT2D eigenvalue weighted by Gasteiger charge is 2.31. The molecule has 0 spiro atoms. The first kappa shape index (κ1) is 40.4. The van der Waals surface area contributed by atoms with Crippen LogP contribution in [0.25, 0.3) is 111 Å². The number of benzene rings is 8. The van der Waals surface area contributed by atoms with Crippen LogP contribution in [0.2, 0.25) is 0 Å². The van der Waals surface area contributed by atoms with Crippen molar-refractivity contribution >= 4 is 43.6 Å². The van der Waals surface area contributed by atoms with Gasteiger partial charge in [-0.05, 0) is 78.4 Å². The maximum Gasteiger partial charge on any atom is 0.416 e. The number of hydrogen-bond acceptors (Lipinski definition) is 3. The van der Waals surface area contributed by atoms with E-state index in [0.717, 1.165) is 101 Å². The van der Waals surface area contributed by atoms with Crippen LogP contribution in [0.15, 0.2) is 218 Å². The van der Waals surface area contributed by atoms with E-state index in [1.54, 1.807) is 6.07 Å². The standard InChI is InChI=1S/C60H36F3N5/c61-60(62,63)44-19-11-18-40(32-44)49-36-59(68-55-27-10-8-21-46(55)48-31-29-42(34-57(48)68)53-25-13-23-51(66-53)39-16-5-2-6-17-39)58(35-43(49)37-64)67-54-26-9-7-20-45(54)47-30-28-41(33-56(47)67)52-24-12-22-50(65-52)38-14-3-1-4-15-38/h1-36H. The first-order chi connectivity index (χ1) is 33.3. The summed E-state index contributed by atoms with van der Waals surface area (Å²) in [5.74, 6) is 0. The first-order valence-corrected chi connectivity index (χ1v) is 22.2. The number of nitriles is 1. The second-order valence-corrected chi connectivity index (χ2v) is 16.8. The van der Waals surface area contributed by atoms with Gasteiger partial charge in [0.15, 0.2) is 0 Å². The van der Waals surface area contributed by atoms with E-state index in [4.69, 9.17) is 9.97 Å². The van der Waals surface area contributed by atoms with Gasteiger partial charge in [0.1, 0.15) is 0 Å². The van der Waals surface area contributed by atoms with Gasteiger partial charge in [0.25, 0.3) is 0 Å². The fraction of sp³-hybridized carbons (Fsp3) is 0.0167. The lowest BCUT2D eigenvalue weighted by atomic mass is 9.96. The molecule has 0 aliphatic heterocycles. The Morgan fingerprint density at radius 3 is 1.29 bits per heavy atom. The summed E-state index contributed by atoms with van der Waals surface area (Å²) in [7, 11) is 0. The Bertz CT molecular complexity index is 3970. The third-order valence-corrected chi connectivity index (χ3v) is 12.8. The van der Waals surface area contributed by atoms with Gasteiger partial charge in [-0.3, -0.25) is 0 Å². The maximum atomic E-state index is 14.3. The summed E-state index contributed by atoms with van der Waals surface area (Å²) < 4.78 is 47.4. The van der Waals surface area contributed by atoms with E-state index in [0.29, 0.717) is 16.9 Å². The number of rotatable bonds is 7. The van der Waals surface area contributed by atoms with Crippen molar-refractivity contribution in [2.75, 3.05) is 0 Å². The minimum absolute atomic E-state index is 0.228. The number of pyridine rings is 2. The lowest BCUT2D eigenvalue weighted by Gasteiger charge is -2.20. The summed E-state index contributed by atoms with van der Waals surface area (Å²) in [4.78, 5) is 10.2. The largest absolute Gasteiger partial charge is 0.416 e. The molecular weight excluding hydrogens is 848 g/mol. The van der Waals surface area contributed by atoms with E-state index in [1.165, 1.54) is 6.07 Å². The molecule has 12 rings (SSSR count). The molecule has 0 aliphatic carbocycles. The zero-order valence-corrected chi connectivity index (χ0v) is 36.2. The minimum Gasteiger partial charge on any atom is -0.307 e. The Hall–Kier alpha value is -9.06. The second kappa shape index (κ2) is 16.1. The van der Waals surface area contributed by atoms with E-state index in [2.05, 4.69) is 75.9 Å². The molecule has 4 aromatic heterocycles. The fourth-order valence-corrected chi connectivity index (χ4v) is 9.64. The molecule has 0 saturated carbocycles. The quantitative estimate of drug-likeness (QED) is 0.160. The fourth-order valence-electron chi connectivity index (χ4n) is 9.64. The van der Waals surface area contributed by atoms with Gasteiger partial charge >= 0.3 is 6.18 Å². The van der Waals surface area contributed by atoms with Crippen LogP contribution < -0.4 is 0 Å². The van der Waals surface area contributed by atoms with Crippen molar-refractivity contribution in [1.29, 1.82) is 5.26 Å². The molecular formula is C60H36F3N5. The highest BCUT2D eigenvalue weighted by molar-refractivity contribution is 6.13. The van der Waals surface area contributed by atoms with Gasteiger partial charge in [-0.15, -0.1) is 0 Å². The number of nitrogens with zero attached hydrogens (tertiary/aromatic N) is 5. The summed E-state index contributed by atoms with van der Waals surface area (Å²) in [5, 5.41) is 15.0. The molecule has 0 amide bonds. The predicted octanol–water partition coefficient (Wildman–Crippen LogP) is 15.9. The molecule has 0 N–H and O–H groups in total. The molecule has 0 unspecified atom stereocenters. The third-order valence-electron chi connectivity index (χ3n) is 12.8. The molecule has 8 heteroatoms. The van der Waals surface area contributed by atoms with E-state index >= 15 is 0 Å². The van der Waals surface area contributed by atoms with Gasteiger partial charge < -0.3 is 9.13 Å². The van der Waals surface area contributed by atoms with Crippen LogP contribution >= 0.6 is 0 Å². The van der Waals surface area contributed by atoms with E-state index in [9.17, 15) is 18.4 Å². The van der Waals surface area contributed by atoms with Crippen LogP contribution in [0, 0.1) is 11.3 Å². The monoisotopic (exact) mass is 883 g/mol. The van der Waals surface area contributed by atoms with Crippen LogP contribution in [0.3, 0.4) is 0 Å². The summed E-state index contributed by atoms with van der Waals surface area (Å²) >= 11 is 0. The van der Waals surface area contributed by atoms with Crippen LogP contribution in [0.1, 0.15) is 11.1 Å². The number of fused-ring (bicyclic) bond motifs is 6. The van der Waals surface area contributed by atoms with Crippen molar-refractivity contribution in [2.45, 2.75) is 6.18 Å². The summed E-state index contributed by atoms with van der Waals surface area (Å²) in [6.45, 7) is 0. The molecule has 0 radical (unpaired) electrons. The third kappa shape index (κ3) is 6.88. The average Bonchev–Trinajstić information content (AvgIpc) is 3.90. The number of aromatic nitrogens is 4. The number of para-hydroxylation sites is 2. The van der Waals surface area contributed by atoms with Crippen molar-refractivity contribution < 1.29 is 13.2 Å². The number of alkyl halides is 3.